The summed E-state index contributed by atoms with van der Waals surface area (Å²) in [6, 6.07) is 11.5. The van der Waals surface area contributed by atoms with Crippen LogP contribution >= 0.6 is 23.2 Å². The molecule has 3 saturated heterocycles. The Kier molecular flexibility index (Phi) is 9.38. The highest BCUT2D eigenvalue weighted by Gasteiger charge is 2.48. The minimum atomic E-state index is 0.0283. The highest BCUT2D eigenvalue weighted by molar-refractivity contribution is 6.39. The average Bonchev–Trinajstić information content (AvgIpc) is 3.70. The number of halogens is 2. The monoisotopic (exact) mass is 702 g/mol. The van der Waals surface area contributed by atoms with E-state index in [1.54, 1.807) is 26.6 Å². The molecule has 3 aliphatic rings. The number of carbonyl (C=O) groups excluding carboxylic acids is 2. The molecular weight excluding hydrogens is 667 g/mol. The lowest BCUT2D eigenvalue weighted by Gasteiger charge is -2.46. The Bertz CT molecular complexity index is 1920. The van der Waals surface area contributed by atoms with Crippen molar-refractivity contribution in [2.75, 3.05) is 40.4 Å². The van der Waals surface area contributed by atoms with Crippen LogP contribution in [0.15, 0.2) is 48.8 Å². The quantitative estimate of drug-likeness (QED) is 0.207. The first-order valence-electron chi connectivity index (χ1n) is 16.1. The van der Waals surface area contributed by atoms with Gasteiger partial charge in [0.25, 0.3) is 0 Å². The van der Waals surface area contributed by atoms with Gasteiger partial charge in [0, 0.05) is 85.8 Å². The zero-order valence-electron chi connectivity index (χ0n) is 27.2. The molecule has 254 valence electrons. The molecule has 0 radical (unpaired) electrons. The van der Waals surface area contributed by atoms with Gasteiger partial charge >= 0.3 is 0 Å². The number of carbonyl (C=O) groups is 2. The number of aromatic nitrogens is 4. The third-order valence-corrected chi connectivity index (χ3v) is 10.1. The highest BCUT2D eigenvalue weighted by Crippen LogP contribution is 2.43. The van der Waals surface area contributed by atoms with Gasteiger partial charge in [-0.15, -0.1) is 0 Å². The van der Waals surface area contributed by atoms with Crippen molar-refractivity contribution in [2.45, 2.75) is 38.4 Å². The number of nitrogens with zero attached hydrogens (tertiary/aromatic N) is 5. The van der Waals surface area contributed by atoms with Crippen molar-refractivity contribution in [2.24, 2.45) is 5.41 Å². The first kappa shape index (κ1) is 33.2. The van der Waals surface area contributed by atoms with Crippen LogP contribution in [0.4, 0.5) is 0 Å². The maximum absolute atomic E-state index is 11.7. The number of hydrogen-bond acceptors (Lipinski definition) is 10. The van der Waals surface area contributed by atoms with Gasteiger partial charge in [0.05, 0.1) is 48.0 Å². The maximum atomic E-state index is 11.7. The normalized spacial score (nSPS) is 18.3. The smallest absolute Gasteiger partial charge is 0.237 e. The van der Waals surface area contributed by atoms with Gasteiger partial charge < -0.3 is 25.4 Å². The summed E-state index contributed by atoms with van der Waals surface area (Å²) in [5.74, 6) is 1.02. The van der Waals surface area contributed by atoms with Crippen LogP contribution in [0.25, 0.3) is 33.6 Å². The van der Waals surface area contributed by atoms with Crippen LogP contribution < -0.4 is 25.4 Å². The molecule has 0 unspecified atom stereocenters. The second-order valence-corrected chi connectivity index (χ2v) is 13.5. The van der Waals surface area contributed by atoms with Gasteiger partial charge in [0.2, 0.25) is 23.6 Å². The summed E-state index contributed by atoms with van der Waals surface area (Å²) in [5, 5.41) is 10.2. The number of ether oxygens (including phenoxy) is 2. The minimum Gasteiger partial charge on any atom is -0.480 e. The van der Waals surface area contributed by atoms with E-state index < -0.39 is 0 Å². The molecule has 2 aromatic heterocycles. The van der Waals surface area contributed by atoms with E-state index in [9.17, 15) is 9.59 Å². The molecule has 0 bridgehead atoms. The van der Waals surface area contributed by atoms with Gasteiger partial charge in [-0.3, -0.25) is 24.5 Å². The van der Waals surface area contributed by atoms with Crippen LogP contribution in [0.1, 0.15) is 30.7 Å². The predicted molar refractivity (Wildman–Crippen MR) is 185 cm³/mol. The number of rotatable bonds is 11. The Morgan fingerprint density at radius 1 is 0.878 bits per heavy atom. The number of benzene rings is 2. The van der Waals surface area contributed by atoms with E-state index in [4.69, 9.17) is 47.6 Å². The fraction of sp³-hybridized carbons (Fsp3) is 0.371. The Morgan fingerprint density at radius 3 is 2.02 bits per heavy atom. The molecule has 12 nitrogen and oxygen atoms in total. The van der Waals surface area contributed by atoms with E-state index in [2.05, 4.69) is 25.8 Å². The fourth-order valence-corrected chi connectivity index (χ4v) is 7.53. The number of methoxy groups -OCH3 is 2. The van der Waals surface area contributed by atoms with Crippen LogP contribution in [-0.2, 0) is 22.7 Å². The van der Waals surface area contributed by atoms with Crippen LogP contribution in [-0.4, -0.2) is 83.1 Å². The third kappa shape index (κ3) is 6.78. The van der Waals surface area contributed by atoms with E-state index in [1.807, 2.05) is 36.4 Å². The number of nitrogens with one attached hydrogen (secondary N) is 3. The molecule has 14 heteroatoms. The van der Waals surface area contributed by atoms with Crippen LogP contribution in [0, 0.1) is 5.41 Å². The fourth-order valence-electron chi connectivity index (χ4n) is 6.88. The van der Waals surface area contributed by atoms with Gasteiger partial charge in [0.1, 0.15) is 11.4 Å². The van der Waals surface area contributed by atoms with Crippen molar-refractivity contribution in [3.8, 4) is 45.4 Å². The molecule has 5 heterocycles. The molecule has 1 spiro atoms. The summed E-state index contributed by atoms with van der Waals surface area (Å²) in [6.45, 7) is 4.03. The largest absolute Gasteiger partial charge is 0.480 e. The average molecular weight is 704 g/mol. The van der Waals surface area contributed by atoms with Crippen molar-refractivity contribution in [3.05, 3.63) is 70.2 Å². The lowest BCUT2D eigenvalue weighted by atomic mass is 9.79. The molecule has 2 amide bonds. The summed E-state index contributed by atoms with van der Waals surface area (Å²) >= 11 is 14.1. The van der Waals surface area contributed by atoms with Gasteiger partial charge in [-0.05, 0) is 6.42 Å². The summed E-state index contributed by atoms with van der Waals surface area (Å²) in [7, 11) is 3.13. The van der Waals surface area contributed by atoms with E-state index in [-0.39, 0.29) is 23.3 Å². The maximum Gasteiger partial charge on any atom is 0.237 e. The SMILES string of the molecule is COc1nc(-c2cccc(-c3cccc(-c4cnc(CN5CC6(CNC(=O)C6)C5)c(OC)n4)c3Cl)c2Cl)cnc1CNC[C@@H]1CCC(=O)N1. The van der Waals surface area contributed by atoms with Crippen molar-refractivity contribution in [1.29, 1.82) is 0 Å². The van der Waals surface area contributed by atoms with E-state index in [0.29, 0.717) is 82.5 Å². The van der Waals surface area contributed by atoms with Crippen LogP contribution in [0.2, 0.25) is 10.0 Å². The number of hydrogen-bond donors (Lipinski definition) is 3. The molecule has 3 aliphatic heterocycles. The first-order valence-corrected chi connectivity index (χ1v) is 16.9. The molecule has 1 atom stereocenters. The van der Waals surface area contributed by atoms with Crippen LogP contribution in [0.5, 0.6) is 11.8 Å². The molecule has 0 aliphatic carbocycles. The molecule has 4 aromatic rings. The van der Waals surface area contributed by atoms with Crippen molar-refractivity contribution in [3.63, 3.8) is 0 Å². The summed E-state index contributed by atoms with van der Waals surface area (Å²) in [5.41, 5.74) is 5.34. The Morgan fingerprint density at radius 2 is 1.47 bits per heavy atom. The molecular formula is C35H36Cl2N8O4. The molecule has 2 aromatic carbocycles. The van der Waals surface area contributed by atoms with Gasteiger partial charge in [-0.2, -0.15) is 0 Å². The standard InChI is InChI=1S/C35H36Cl2N8O4/c1-48-33-27(13-38-12-20-9-10-29(46)42-20)39-14-25(43-33)23-7-3-5-21(31(23)36)22-6-4-8-24(32(22)37)26-15-40-28(34(44-26)49-2)16-45-18-35(19-45)11-30(47)41-17-35/h3-8,14-15,20,38H,9-13,16-19H2,1-2H3,(H,41,47)(H,42,46)/t20-/m0/s1. The summed E-state index contributed by atoms with van der Waals surface area (Å²) in [4.78, 5) is 44.3. The zero-order chi connectivity index (χ0) is 34.1. The number of likely N-dealkylation sites (tertiary alicyclic amines) is 1. The third-order valence-electron chi connectivity index (χ3n) is 9.30. The van der Waals surface area contributed by atoms with E-state index in [1.165, 1.54) is 0 Å². The lowest BCUT2D eigenvalue weighted by molar-refractivity contribution is -0.121. The summed E-state index contributed by atoms with van der Waals surface area (Å²) < 4.78 is 11.2. The molecule has 0 saturated carbocycles. The Labute approximate surface area is 294 Å². The molecule has 3 fully saturated rings. The van der Waals surface area contributed by atoms with Gasteiger partial charge in [-0.25, -0.2) is 9.97 Å². The van der Waals surface area contributed by atoms with Crippen molar-refractivity contribution in [1.82, 2.24) is 40.8 Å². The topological polar surface area (TPSA) is 143 Å². The second-order valence-electron chi connectivity index (χ2n) is 12.8. The molecule has 49 heavy (non-hydrogen) atoms. The predicted octanol–water partition coefficient (Wildman–Crippen LogP) is 4.28. The Hall–Kier alpha value is -4.36. The minimum absolute atomic E-state index is 0.0283. The van der Waals surface area contributed by atoms with E-state index >= 15 is 0 Å². The van der Waals surface area contributed by atoms with Crippen molar-refractivity contribution < 1.29 is 19.1 Å². The van der Waals surface area contributed by atoms with E-state index in [0.717, 1.165) is 42.9 Å². The Balaban J connectivity index is 1.10. The second kappa shape index (κ2) is 13.9. The van der Waals surface area contributed by atoms with Crippen molar-refractivity contribution >= 4 is 35.0 Å². The number of amides is 2. The summed E-state index contributed by atoms with van der Waals surface area (Å²) in [6.07, 6.45) is 5.32. The lowest BCUT2D eigenvalue weighted by Crippen LogP contribution is -2.56. The molecule has 3 N–H and O–H groups in total. The first-order chi connectivity index (χ1) is 23.8. The van der Waals surface area contributed by atoms with Gasteiger partial charge in [0.15, 0.2) is 0 Å². The molecule has 7 rings (SSSR count). The zero-order valence-corrected chi connectivity index (χ0v) is 28.7. The van der Waals surface area contributed by atoms with Crippen LogP contribution in [0.3, 0.4) is 0 Å². The van der Waals surface area contributed by atoms with Gasteiger partial charge in [-0.1, -0.05) is 59.6 Å². The highest BCUT2D eigenvalue weighted by atomic mass is 35.5.